The Labute approximate surface area is 351 Å². The van der Waals surface area contributed by atoms with Crippen LogP contribution >= 0.6 is 7.82 Å². The fourth-order valence-electron chi connectivity index (χ4n) is 5.69. The first-order valence-electron chi connectivity index (χ1n) is 22.3. The van der Waals surface area contributed by atoms with Gasteiger partial charge in [-0.2, -0.15) is 0 Å². The molecule has 12 heteroatoms. The number of carbonyl (C=O) groups is 3. The van der Waals surface area contributed by atoms with E-state index < -0.39 is 51.1 Å². The van der Waals surface area contributed by atoms with Crippen LogP contribution in [0.5, 0.6) is 0 Å². The van der Waals surface area contributed by atoms with E-state index in [0.717, 1.165) is 64.2 Å². The lowest BCUT2D eigenvalue weighted by atomic mass is 10.1. The summed E-state index contributed by atoms with van der Waals surface area (Å²) in [6.45, 7) is 2.70. The summed E-state index contributed by atoms with van der Waals surface area (Å²) in [6.07, 6.45) is 47.1. The number of hydrogen-bond donors (Lipinski definition) is 3. The number of carbonyl (C=O) groups excluding carboxylic acids is 2. The third-order valence-corrected chi connectivity index (χ3v) is 10.2. The fourth-order valence-corrected chi connectivity index (χ4v) is 6.47. The monoisotopic (exact) mass is 838 g/mol. The van der Waals surface area contributed by atoms with Gasteiger partial charge in [-0.25, -0.2) is 4.57 Å². The highest BCUT2D eigenvalue weighted by Gasteiger charge is 2.28. The summed E-state index contributed by atoms with van der Waals surface area (Å²) < 4.78 is 32.7. The molecule has 0 saturated carbocycles. The molecule has 0 bridgehead atoms. The van der Waals surface area contributed by atoms with E-state index in [9.17, 15) is 23.8 Å². The van der Waals surface area contributed by atoms with Crippen molar-refractivity contribution in [3.8, 4) is 0 Å². The van der Waals surface area contributed by atoms with E-state index in [0.29, 0.717) is 12.8 Å². The predicted octanol–water partition coefficient (Wildman–Crippen LogP) is 12.0. The quantitative estimate of drug-likeness (QED) is 0.0231. The third kappa shape index (κ3) is 40.0. The molecule has 58 heavy (non-hydrogen) atoms. The largest absolute Gasteiger partial charge is 0.480 e. The average molecular weight is 838 g/mol. The maximum atomic E-state index is 12.6. The van der Waals surface area contributed by atoms with Gasteiger partial charge < -0.3 is 25.2 Å². The highest BCUT2D eigenvalue weighted by atomic mass is 31.2. The minimum Gasteiger partial charge on any atom is -0.480 e. The summed E-state index contributed by atoms with van der Waals surface area (Å²) in [5.74, 6) is -2.44. The summed E-state index contributed by atoms with van der Waals surface area (Å²) in [4.78, 5) is 46.0. The molecule has 0 amide bonds. The highest BCUT2D eigenvalue weighted by Crippen LogP contribution is 2.43. The predicted molar refractivity (Wildman–Crippen MR) is 235 cm³/mol. The molecule has 4 N–H and O–H groups in total. The van der Waals surface area contributed by atoms with Crippen LogP contribution in [-0.4, -0.2) is 59.9 Å². The molecule has 0 saturated heterocycles. The zero-order valence-corrected chi connectivity index (χ0v) is 37.0. The first-order chi connectivity index (χ1) is 28.1. The van der Waals surface area contributed by atoms with Gasteiger partial charge in [0.1, 0.15) is 12.6 Å². The number of carboxylic acid groups (broad SMARTS) is 1. The van der Waals surface area contributed by atoms with Crippen molar-refractivity contribution in [2.45, 2.75) is 193 Å². The fraction of sp³-hybridized carbons (Fsp3) is 0.717. The zero-order chi connectivity index (χ0) is 42.8. The van der Waals surface area contributed by atoms with E-state index in [1.807, 2.05) is 0 Å². The number of ether oxygens (including phenoxy) is 2. The lowest BCUT2D eigenvalue weighted by Gasteiger charge is -2.20. The lowest BCUT2D eigenvalue weighted by Crippen LogP contribution is -2.34. The molecule has 0 fully saturated rings. The van der Waals surface area contributed by atoms with Gasteiger partial charge in [0.05, 0.1) is 13.2 Å². The lowest BCUT2D eigenvalue weighted by molar-refractivity contribution is -0.161. The standard InChI is InChI=1S/C46H80NO10P/c1-3-5-7-9-11-13-15-17-19-20-21-22-24-26-28-30-32-34-36-38-45(49)57-42(40-55-58(52,53)56-41-43(47)46(50)51)39-54-44(48)37-35-33-31-29-27-25-23-18-16-14-12-10-8-6-4-2/h11-14,17-19,23,27,29,42-43H,3-10,15-16,20-22,24-26,28,30-41,47H2,1-2H3,(H,50,51)(H,52,53)/b13-11-,14-12-,19-17-,23-18-,29-27-/t42-,43+/m1/s1. The van der Waals surface area contributed by atoms with Crippen LogP contribution in [0.4, 0.5) is 0 Å². The molecule has 0 aliphatic heterocycles. The molecule has 0 aromatic rings. The molecule has 0 heterocycles. The van der Waals surface area contributed by atoms with Crippen molar-refractivity contribution in [1.82, 2.24) is 0 Å². The van der Waals surface area contributed by atoms with Crippen LogP contribution in [-0.2, 0) is 37.5 Å². The van der Waals surface area contributed by atoms with Crippen molar-refractivity contribution in [2.75, 3.05) is 19.8 Å². The topological polar surface area (TPSA) is 172 Å². The molecule has 0 aliphatic rings. The Morgan fingerprint density at radius 2 is 0.914 bits per heavy atom. The van der Waals surface area contributed by atoms with E-state index in [-0.39, 0.29) is 19.4 Å². The van der Waals surface area contributed by atoms with Gasteiger partial charge in [0.25, 0.3) is 0 Å². The van der Waals surface area contributed by atoms with Crippen LogP contribution in [0, 0.1) is 0 Å². The Balaban J connectivity index is 4.41. The summed E-state index contributed by atoms with van der Waals surface area (Å²) >= 11 is 0. The van der Waals surface area contributed by atoms with Crippen molar-refractivity contribution in [2.24, 2.45) is 5.73 Å². The van der Waals surface area contributed by atoms with Crippen molar-refractivity contribution >= 4 is 25.7 Å². The Kier molecular flexibility index (Phi) is 38.9. The Morgan fingerprint density at radius 3 is 1.40 bits per heavy atom. The van der Waals surface area contributed by atoms with Crippen LogP contribution in [0.1, 0.15) is 181 Å². The Hall–Kier alpha value is -2.82. The molecule has 0 aromatic carbocycles. The number of phosphoric ester groups is 1. The van der Waals surface area contributed by atoms with Gasteiger partial charge >= 0.3 is 25.7 Å². The number of phosphoric acid groups is 1. The van der Waals surface area contributed by atoms with Gasteiger partial charge in [-0.15, -0.1) is 0 Å². The van der Waals surface area contributed by atoms with Crippen molar-refractivity contribution in [3.63, 3.8) is 0 Å². The van der Waals surface area contributed by atoms with Crippen LogP contribution in [0.3, 0.4) is 0 Å². The average Bonchev–Trinajstić information content (AvgIpc) is 3.20. The summed E-state index contributed by atoms with van der Waals surface area (Å²) in [5, 5.41) is 8.89. The summed E-state index contributed by atoms with van der Waals surface area (Å²) in [7, 11) is -4.73. The van der Waals surface area contributed by atoms with Gasteiger partial charge in [-0.1, -0.05) is 145 Å². The second-order valence-electron chi connectivity index (χ2n) is 14.8. The van der Waals surface area contributed by atoms with Gasteiger partial charge in [0.2, 0.25) is 0 Å². The molecular formula is C46H80NO10P. The molecule has 11 nitrogen and oxygen atoms in total. The van der Waals surface area contributed by atoms with Crippen LogP contribution in [0.15, 0.2) is 60.8 Å². The first kappa shape index (κ1) is 55.2. The molecule has 334 valence electrons. The number of hydrogen-bond acceptors (Lipinski definition) is 9. The second kappa shape index (κ2) is 40.9. The van der Waals surface area contributed by atoms with Crippen LogP contribution < -0.4 is 5.73 Å². The third-order valence-electron chi connectivity index (χ3n) is 9.24. The number of aliphatic carboxylic acids is 1. The second-order valence-corrected chi connectivity index (χ2v) is 16.3. The number of esters is 2. The SMILES string of the molecule is CCCCC/C=C\C/C=C\C/C=C\CCCCC(=O)OC[C@H](COP(=O)(O)OC[C@H](N)C(=O)O)OC(=O)CCCCCCCCCCC/C=C\C/C=C\CCCCC. The Bertz CT molecular complexity index is 1210. The maximum absolute atomic E-state index is 12.6. The summed E-state index contributed by atoms with van der Waals surface area (Å²) in [5.41, 5.74) is 5.33. The molecule has 1 unspecified atom stereocenters. The normalized spacial score (nSPS) is 14.3. The van der Waals surface area contributed by atoms with Gasteiger partial charge in [0.15, 0.2) is 6.10 Å². The molecule has 3 atom stereocenters. The number of unbranched alkanes of at least 4 members (excludes halogenated alkanes) is 17. The minimum absolute atomic E-state index is 0.146. The van der Waals surface area contributed by atoms with Gasteiger partial charge in [-0.05, 0) is 83.5 Å². The highest BCUT2D eigenvalue weighted by molar-refractivity contribution is 7.47. The zero-order valence-electron chi connectivity index (χ0n) is 36.1. The smallest absolute Gasteiger partial charge is 0.472 e. The van der Waals surface area contributed by atoms with E-state index in [2.05, 4.69) is 79.1 Å². The molecule has 0 aliphatic carbocycles. The van der Waals surface area contributed by atoms with Crippen molar-refractivity contribution in [1.29, 1.82) is 0 Å². The molecular weight excluding hydrogens is 757 g/mol. The minimum atomic E-state index is -4.73. The molecule has 0 aromatic heterocycles. The van der Waals surface area contributed by atoms with E-state index >= 15 is 0 Å². The first-order valence-corrected chi connectivity index (χ1v) is 23.8. The van der Waals surface area contributed by atoms with E-state index in [1.54, 1.807) is 0 Å². The van der Waals surface area contributed by atoms with Gasteiger partial charge in [0, 0.05) is 12.8 Å². The van der Waals surface area contributed by atoms with Crippen molar-refractivity contribution in [3.05, 3.63) is 60.8 Å². The number of allylic oxidation sites excluding steroid dienone is 10. The van der Waals surface area contributed by atoms with E-state index in [4.69, 9.17) is 24.8 Å². The molecule has 0 spiro atoms. The number of nitrogens with two attached hydrogens (primary N) is 1. The van der Waals surface area contributed by atoms with Crippen LogP contribution in [0.25, 0.3) is 0 Å². The van der Waals surface area contributed by atoms with E-state index in [1.165, 1.54) is 77.0 Å². The number of rotatable bonds is 41. The van der Waals surface area contributed by atoms with Crippen molar-refractivity contribution < 1.29 is 47.5 Å². The van der Waals surface area contributed by atoms with Gasteiger partial charge in [-0.3, -0.25) is 23.4 Å². The van der Waals surface area contributed by atoms with Crippen LogP contribution in [0.2, 0.25) is 0 Å². The summed E-state index contributed by atoms with van der Waals surface area (Å²) in [6, 6.07) is -1.53. The molecule has 0 rings (SSSR count). The maximum Gasteiger partial charge on any atom is 0.472 e. The Morgan fingerprint density at radius 1 is 0.534 bits per heavy atom. The molecule has 0 radical (unpaired) electrons. The number of carboxylic acids is 1.